The first-order chi connectivity index (χ1) is 12.3. The molecule has 1 saturated heterocycles. The first-order valence-corrected chi connectivity index (χ1v) is 9.25. The molecule has 1 atom stereocenters. The summed E-state index contributed by atoms with van der Waals surface area (Å²) in [5, 5.41) is 1.01. The zero-order valence-corrected chi connectivity index (χ0v) is 14.8. The Balaban J connectivity index is 1.70. The molecule has 1 unspecified atom stereocenters. The van der Waals surface area contributed by atoms with Crippen LogP contribution in [0, 0.1) is 0 Å². The molecule has 0 spiro atoms. The monoisotopic (exact) mass is 353 g/mol. The number of benzene rings is 1. The Hall–Kier alpha value is -2.47. The number of para-hydroxylation sites is 1. The number of piperidine rings is 1. The van der Waals surface area contributed by atoms with E-state index in [2.05, 4.69) is 11.1 Å². The molecule has 0 aliphatic carbocycles. The van der Waals surface area contributed by atoms with Crippen LogP contribution in [-0.4, -0.2) is 34.4 Å². The number of methoxy groups -OCH3 is 1. The second-order valence-electron chi connectivity index (χ2n) is 6.09. The quantitative estimate of drug-likeness (QED) is 0.712. The van der Waals surface area contributed by atoms with Gasteiger partial charge in [0, 0.05) is 12.7 Å². The molecule has 6 heteroatoms. The zero-order valence-electron chi connectivity index (χ0n) is 14.0. The predicted octanol–water partition coefficient (Wildman–Crippen LogP) is 4.07. The maximum atomic E-state index is 13.2. The van der Waals surface area contributed by atoms with Crippen molar-refractivity contribution in [2.24, 2.45) is 0 Å². The van der Waals surface area contributed by atoms with Crippen molar-refractivity contribution in [1.29, 1.82) is 0 Å². The van der Waals surface area contributed by atoms with Crippen LogP contribution in [-0.2, 0) is 0 Å². The Kier molecular flexibility index (Phi) is 4.36. The van der Waals surface area contributed by atoms with E-state index in [9.17, 15) is 4.79 Å². The Bertz CT molecular complexity index is 875. The van der Waals surface area contributed by atoms with E-state index in [4.69, 9.17) is 9.72 Å². The van der Waals surface area contributed by atoms with Gasteiger partial charge in [0.05, 0.1) is 23.4 Å². The molecular weight excluding hydrogens is 334 g/mol. The summed E-state index contributed by atoms with van der Waals surface area (Å²) in [4.78, 5) is 24.0. The standard InChI is InChI=1S/C19H19N3O2S/c1-24-17-13(7-6-11-20-17)19(23)22-12-5-4-9-15(22)18-21-14-8-2-3-10-16(14)25-18/h2-3,6-8,10-11,15H,4-5,9,12H2,1H3. The molecule has 3 heterocycles. The number of hydrogen-bond donors (Lipinski definition) is 0. The van der Waals surface area contributed by atoms with E-state index in [1.54, 1.807) is 36.8 Å². The number of hydrogen-bond acceptors (Lipinski definition) is 5. The van der Waals surface area contributed by atoms with E-state index >= 15 is 0 Å². The topological polar surface area (TPSA) is 55.3 Å². The van der Waals surface area contributed by atoms with E-state index < -0.39 is 0 Å². The second kappa shape index (κ2) is 6.80. The minimum atomic E-state index is -0.0334. The molecule has 1 amide bonds. The van der Waals surface area contributed by atoms with Gasteiger partial charge < -0.3 is 9.64 Å². The predicted molar refractivity (Wildman–Crippen MR) is 98.0 cm³/mol. The SMILES string of the molecule is COc1ncccc1C(=O)N1CCCCC1c1nc2ccccc2s1. The van der Waals surface area contributed by atoms with E-state index in [0.29, 0.717) is 11.4 Å². The van der Waals surface area contributed by atoms with Crippen molar-refractivity contribution in [2.75, 3.05) is 13.7 Å². The van der Waals surface area contributed by atoms with E-state index in [0.717, 1.165) is 41.0 Å². The average Bonchev–Trinajstić information content (AvgIpc) is 3.11. The fourth-order valence-corrected chi connectivity index (χ4v) is 4.45. The third-order valence-electron chi connectivity index (χ3n) is 4.55. The number of rotatable bonds is 3. The van der Waals surface area contributed by atoms with Gasteiger partial charge in [-0.05, 0) is 43.5 Å². The average molecular weight is 353 g/mol. The summed E-state index contributed by atoms with van der Waals surface area (Å²) in [6.07, 6.45) is 4.69. The van der Waals surface area contributed by atoms with Gasteiger partial charge in [-0.1, -0.05) is 12.1 Å². The number of aromatic nitrogens is 2. The fraction of sp³-hybridized carbons (Fsp3) is 0.316. The van der Waals surface area contributed by atoms with Crippen molar-refractivity contribution >= 4 is 27.5 Å². The van der Waals surface area contributed by atoms with Crippen molar-refractivity contribution in [2.45, 2.75) is 25.3 Å². The van der Waals surface area contributed by atoms with Crippen LogP contribution in [0.1, 0.15) is 40.7 Å². The Morgan fingerprint density at radius 3 is 2.96 bits per heavy atom. The van der Waals surface area contributed by atoms with E-state index in [1.807, 2.05) is 23.1 Å². The highest BCUT2D eigenvalue weighted by Gasteiger charge is 2.32. The van der Waals surface area contributed by atoms with Crippen LogP contribution in [0.5, 0.6) is 5.88 Å². The molecule has 5 nitrogen and oxygen atoms in total. The summed E-state index contributed by atoms with van der Waals surface area (Å²) < 4.78 is 6.44. The lowest BCUT2D eigenvalue weighted by molar-refractivity contribution is 0.0607. The molecule has 25 heavy (non-hydrogen) atoms. The van der Waals surface area contributed by atoms with Gasteiger partial charge in [-0.25, -0.2) is 9.97 Å². The molecule has 2 aromatic heterocycles. The minimum absolute atomic E-state index is 0.0172. The first-order valence-electron chi connectivity index (χ1n) is 8.43. The highest BCUT2D eigenvalue weighted by Crippen LogP contribution is 2.36. The molecule has 1 aliphatic heterocycles. The van der Waals surface area contributed by atoms with Crippen molar-refractivity contribution < 1.29 is 9.53 Å². The number of nitrogens with zero attached hydrogens (tertiary/aromatic N) is 3. The normalized spacial score (nSPS) is 17.6. The van der Waals surface area contributed by atoms with Gasteiger partial charge >= 0.3 is 0 Å². The largest absolute Gasteiger partial charge is 0.480 e. The summed E-state index contributed by atoms with van der Waals surface area (Å²) in [6.45, 7) is 0.734. The van der Waals surface area contributed by atoms with Gasteiger partial charge in [0.2, 0.25) is 5.88 Å². The van der Waals surface area contributed by atoms with Crippen LogP contribution in [0.4, 0.5) is 0 Å². The molecule has 3 aromatic rings. The number of amides is 1. The molecule has 1 aliphatic rings. The van der Waals surface area contributed by atoms with Crippen LogP contribution in [0.3, 0.4) is 0 Å². The lowest BCUT2D eigenvalue weighted by atomic mass is 10.0. The van der Waals surface area contributed by atoms with E-state index in [-0.39, 0.29) is 11.9 Å². The smallest absolute Gasteiger partial charge is 0.259 e. The summed E-state index contributed by atoms with van der Waals surface area (Å²) >= 11 is 1.68. The minimum Gasteiger partial charge on any atom is -0.480 e. The molecule has 0 radical (unpaired) electrons. The molecule has 0 saturated carbocycles. The number of pyridine rings is 1. The summed E-state index contributed by atoms with van der Waals surface area (Å²) in [5.41, 5.74) is 1.51. The van der Waals surface area contributed by atoms with Crippen LogP contribution >= 0.6 is 11.3 Å². The van der Waals surface area contributed by atoms with Crippen molar-refractivity contribution in [3.8, 4) is 5.88 Å². The summed E-state index contributed by atoms with van der Waals surface area (Å²) in [7, 11) is 1.54. The van der Waals surface area contributed by atoms with E-state index in [1.165, 1.54) is 0 Å². The Labute approximate surface area is 150 Å². The number of thiazole rings is 1. The maximum absolute atomic E-state index is 13.2. The third-order valence-corrected chi connectivity index (χ3v) is 5.69. The molecule has 0 N–H and O–H groups in total. The van der Waals surface area contributed by atoms with Crippen LogP contribution in [0.25, 0.3) is 10.2 Å². The summed E-state index contributed by atoms with van der Waals surface area (Å²) in [5.74, 6) is 0.343. The van der Waals surface area contributed by atoms with Gasteiger partial charge in [0.15, 0.2) is 0 Å². The van der Waals surface area contributed by atoms with Crippen molar-refractivity contribution in [3.05, 3.63) is 53.2 Å². The van der Waals surface area contributed by atoms with Gasteiger partial charge in [-0.2, -0.15) is 0 Å². The van der Waals surface area contributed by atoms with Crippen LogP contribution < -0.4 is 4.74 Å². The number of fused-ring (bicyclic) bond motifs is 1. The summed E-state index contributed by atoms with van der Waals surface area (Å²) in [6, 6.07) is 11.7. The Morgan fingerprint density at radius 2 is 2.12 bits per heavy atom. The van der Waals surface area contributed by atoms with Gasteiger partial charge in [0.25, 0.3) is 5.91 Å². The van der Waals surface area contributed by atoms with Crippen LogP contribution in [0.2, 0.25) is 0 Å². The molecule has 4 rings (SSSR count). The lowest BCUT2D eigenvalue weighted by Gasteiger charge is -2.34. The highest BCUT2D eigenvalue weighted by atomic mass is 32.1. The number of likely N-dealkylation sites (tertiary alicyclic amines) is 1. The van der Waals surface area contributed by atoms with Gasteiger partial charge in [0.1, 0.15) is 10.6 Å². The van der Waals surface area contributed by atoms with Crippen LogP contribution in [0.15, 0.2) is 42.6 Å². The molecule has 128 valence electrons. The molecule has 1 aromatic carbocycles. The maximum Gasteiger partial charge on any atom is 0.259 e. The number of carbonyl (C=O) groups excluding carboxylic acids is 1. The van der Waals surface area contributed by atoms with Gasteiger partial charge in [-0.15, -0.1) is 11.3 Å². The number of ether oxygens (including phenoxy) is 1. The third kappa shape index (κ3) is 2.98. The lowest BCUT2D eigenvalue weighted by Crippen LogP contribution is -2.38. The Morgan fingerprint density at radius 1 is 1.24 bits per heavy atom. The molecular formula is C19H19N3O2S. The van der Waals surface area contributed by atoms with Crippen molar-refractivity contribution in [1.82, 2.24) is 14.9 Å². The molecule has 1 fully saturated rings. The first kappa shape index (κ1) is 16.0. The fourth-order valence-electron chi connectivity index (χ4n) is 3.33. The second-order valence-corrected chi connectivity index (χ2v) is 7.15. The number of carbonyl (C=O) groups is 1. The molecule has 0 bridgehead atoms. The van der Waals surface area contributed by atoms with Gasteiger partial charge in [-0.3, -0.25) is 4.79 Å². The van der Waals surface area contributed by atoms with Crippen molar-refractivity contribution in [3.63, 3.8) is 0 Å². The zero-order chi connectivity index (χ0) is 17.2. The highest BCUT2D eigenvalue weighted by molar-refractivity contribution is 7.18.